The van der Waals surface area contributed by atoms with Crippen molar-refractivity contribution < 1.29 is 4.79 Å². The second kappa shape index (κ2) is 7.39. The molecule has 2 N–H and O–H groups in total. The summed E-state index contributed by atoms with van der Waals surface area (Å²) in [6.45, 7) is 8.09. The molecule has 1 aromatic carbocycles. The SMILES string of the molecule is CC(=O)Nc1ccc(NC(C)CCC(C)C)cc1Cl. The van der Waals surface area contributed by atoms with Crippen molar-refractivity contribution in [2.45, 2.75) is 46.6 Å². The van der Waals surface area contributed by atoms with Crippen LogP contribution < -0.4 is 10.6 Å². The van der Waals surface area contributed by atoms with Crippen LogP contribution in [0.5, 0.6) is 0 Å². The second-order valence-corrected chi connectivity index (χ2v) is 5.80. The van der Waals surface area contributed by atoms with Crippen LogP contribution in [-0.4, -0.2) is 11.9 Å². The van der Waals surface area contributed by atoms with Gasteiger partial charge in [-0.3, -0.25) is 4.79 Å². The van der Waals surface area contributed by atoms with Crippen LogP contribution in [-0.2, 0) is 4.79 Å². The van der Waals surface area contributed by atoms with E-state index in [2.05, 4.69) is 31.4 Å². The Hall–Kier alpha value is -1.22. The molecule has 0 fully saturated rings. The predicted molar refractivity (Wildman–Crippen MR) is 82.9 cm³/mol. The summed E-state index contributed by atoms with van der Waals surface area (Å²) in [4.78, 5) is 11.0. The largest absolute Gasteiger partial charge is 0.383 e. The summed E-state index contributed by atoms with van der Waals surface area (Å²) < 4.78 is 0. The minimum atomic E-state index is -0.118. The fraction of sp³-hybridized carbons (Fsp3) is 0.533. The van der Waals surface area contributed by atoms with E-state index < -0.39 is 0 Å². The number of rotatable bonds is 6. The maximum atomic E-state index is 11.0. The zero-order valence-electron chi connectivity index (χ0n) is 12.1. The molecular formula is C15H23ClN2O. The summed E-state index contributed by atoms with van der Waals surface area (Å²) in [6.07, 6.45) is 2.33. The molecule has 1 amide bonds. The average molecular weight is 283 g/mol. The molecule has 0 bridgehead atoms. The molecule has 0 heterocycles. The monoisotopic (exact) mass is 282 g/mol. The first-order chi connectivity index (χ1) is 8.88. The third kappa shape index (κ3) is 5.97. The van der Waals surface area contributed by atoms with Crippen LogP contribution >= 0.6 is 11.6 Å². The molecule has 0 saturated heterocycles. The summed E-state index contributed by atoms with van der Waals surface area (Å²) in [5, 5.41) is 6.67. The third-order valence-electron chi connectivity index (χ3n) is 2.87. The molecule has 1 unspecified atom stereocenters. The molecule has 0 aromatic heterocycles. The van der Waals surface area contributed by atoms with Crippen LogP contribution in [0.15, 0.2) is 18.2 Å². The van der Waals surface area contributed by atoms with E-state index >= 15 is 0 Å². The Morgan fingerprint density at radius 2 is 1.95 bits per heavy atom. The zero-order valence-corrected chi connectivity index (χ0v) is 12.8. The van der Waals surface area contributed by atoms with Gasteiger partial charge in [-0.25, -0.2) is 0 Å². The number of carbonyl (C=O) groups excluding carboxylic acids is 1. The van der Waals surface area contributed by atoms with Crippen molar-refractivity contribution in [3.8, 4) is 0 Å². The van der Waals surface area contributed by atoms with E-state index in [4.69, 9.17) is 11.6 Å². The van der Waals surface area contributed by atoms with Gasteiger partial charge in [0.1, 0.15) is 0 Å². The molecule has 1 rings (SSSR count). The molecule has 4 heteroatoms. The number of amides is 1. The van der Waals surface area contributed by atoms with E-state index in [0.717, 1.165) is 18.0 Å². The summed E-state index contributed by atoms with van der Waals surface area (Å²) in [6, 6.07) is 6.01. The molecule has 0 aliphatic carbocycles. The quantitative estimate of drug-likeness (QED) is 0.804. The van der Waals surface area contributed by atoms with E-state index in [1.54, 1.807) is 0 Å². The topological polar surface area (TPSA) is 41.1 Å². The Morgan fingerprint density at radius 1 is 1.26 bits per heavy atom. The number of hydrogen-bond donors (Lipinski definition) is 2. The highest BCUT2D eigenvalue weighted by Crippen LogP contribution is 2.26. The van der Waals surface area contributed by atoms with Crippen LogP contribution in [0.4, 0.5) is 11.4 Å². The van der Waals surface area contributed by atoms with Crippen molar-refractivity contribution >= 4 is 28.9 Å². The molecule has 0 saturated carbocycles. The first-order valence-corrected chi connectivity index (χ1v) is 7.10. The maximum Gasteiger partial charge on any atom is 0.221 e. The molecule has 1 aromatic rings. The Morgan fingerprint density at radius 3 is 2.47 bits per heavy atom. The van der Waals surface area contributed by atoms with Gasteiger partial charge >= 0.3 is 0 Å². The van der Waals surface area contributed by atoms with E-state index in [1.807, 2.05) is 18.2 Å². The van der Waals surface area contributed by atoms with Gasteiger partial charge in [-0.15, -0.1) is 0 Å². The van der Waals surface area contributed by atoms with Crippen LogP contribution in [0.2, 0.25) is 5.02 Å². The van der Waals surface area contributed by atoms with Crippen molar-refractivity contribution in [1.29, 1.82) is 0 Å². The van der Waals surface area contributed by atoms with Crippen molar-refractivity contribution in [2.75, 3.05) is 10.6 Å². The van der Waals surface area contributed by atoms with Gasteiger partial charge in [0.15, 0.2) is 0 Å². The van der Waals surface area contributed by atoms with Crippen LogP contribution in [0.1, 0.15) is 40.5 Å². The lowest BCUT2D eigenvalue weighted by molar-refractivity contribution is -0.114. The molecule has 106 valence electrons. The maximum absolute atomic E-state index is 11.0. The molecule has 0 aliphatic rings. The van der Waals surface area contributed by atoms with Gasteiger partial charge in [-0.1, -0.05) is 25.4 Å². The zero-order chi connectivity index (χ0) is 14.4. The fourth-order valence-corrected chi connectivity index (χ4v) is 2.06. The Kier molecular flexibility index (Phi) is 6.16. The van der Waals surface area contributed by atoms with E-state index in [0.29, 0.717) is 16.8 Å². The van der Waals surface area contributed by atoms with Crippen LogP contribution in [0.25, 0.3) is 0 Å². The molecule has 1 atom stereocenters. The molecule has 0 radical (unpaired) electrons. The van der Waals surface area contributed by atoms with Gasteiger partial charge in [-0.2, -0.15) is 0 Å². The number of benzene rings is 1. The van der Waals surface area contributed by atoms with Crippen molar-refractivity contribution in [3.63, 3.8) is 0 Å². The standard InChI is InChI=1S/C15H23ClN2O/c1-10(2)5-6-11(3)17-13-7-8-15(14(16)9-13)18-12(4)19/h7-11,17H,5-6H2,1-4H3,(H,18,19). The van der Waals surface area contributed by atoms with Crippen molar-refractivity contribution in [2.24, 2.45) is 5.92 Å². The number of hydrogen-bond acceptors (Lipinski definition) is 2. The highest BCUT2D eigenvalue weighted by molar-refractivity contribution is 6.34. The summed E-state index contributed by atoms with van der Waals surface area (Å²) in [5.74, 6) is 0.600. The Bertz CT molecular complexity index is 432. The number of halogens is 1. The highest BCUT2D eigenvalue weighted by Gasteiger charge is 2.07. The Labute approximate surface area is 120 Å². The average Bonchev–Trinajstić information content (AvgIpc) is 2.29. The predicted octanol–water partition coefficient (Wildman–Crippen LogP) is 4.54. The van der Waals surface area contributed by atoms with Gasteiger partial charge in [0, 0.05) is 18.7 Å². The lowest BCUT2D eigenvalue weighted by Gasteiger charge is -2.17. The van der Waals surface area contributed by atoms with Crippen LogP contribution in [0.3, 0.4) is 0 Å². The van der Waals surface area contributed by atoms with Crippen LogP contribution in [0, 0.1) is 5.92 Å². The van der Waals surface area contributed by atoms with Crippen molar-refractivity contribution in [3.05, 3.63) is 23.2 Å². The molecule has 0 aliphatic heterocycles. The lowest BCUT2D eigenvalue weighted by atomic mass is 10.0. The van der Waals surface area contributed by atoms with E-state index in [1.165, 1.54) is 13.3 Å². The van der Waals surface area contributed by atoms with E-state index in [-0.39, 0.29) is 5.91 Å². The normalized spacial score (nSPS) is 12.3. The number of nitrogens with one attached hydrogen (secondary N) is 2. The number of carbonyl (C=O) groups is 1. The minimum Gasteiger partial charge on any atom is -0.383 e. The number of anilines is 2. The molecule has 3 nitrogen and oxygen atoms in total. The molecular weight excluding hydrogens is 260 g/mol. The van der Waals surface area contributed by atoms with Gasteiger partial charge in [0.2, 0.25) is 5.91 Å². The first kappa shape index (κ1) is 15.8. The lowest BCUT2D eigenvalue weighted by Crippen LogP contribution is -2.16. The highest BCUT2D eigenvalue weighted by atomic mass is 35.5. The first-order valence-electron chi connectivity index (χ1n) is 6.72. The van der Waals surface area contributed by atoms with E-state index in [9.17, 15) is 4.79 Å². The second-order valence-electron chi connectivity index (χ2n) is 5.39. The van der Waals surface area contributed by atoms with Gasteiger partial charge in [-0.05, 0) is 43.9 Å². The van der Waals surface area contributed by atoms with Gasteiger partial charge < -0.3 is 10.6 Å². The minimum absolute atomic E-state index is 0.118. The summed E-state index contributed by atoms with van der Waals surface area (Å²) >= 11 is 6.13. The summed E-state index contributed by atoms with van der Waals surface area (Å²) in [7, 11) is 0. The molecule has 0 spiro atoms. The third-order valence-corrected chi connectivity index (χ3v) is 3.18. The Balaban J connectivity index is 2.60. The van der Waals surface area contributed by atoms with Crippen molar-refractivity contribution in [1.82, 2.24) is 0 Å². The summed E-state index contributed by atoms with van der Waals surface area (Å²) in [5.41, 5.74) is 1.63. The fourth-order valence-electron chi connectivity index (χ4n) is 1.84. The van der Waals surface area contributed by atoms with Gasteiger partial charge in [0.25, 0.3) is 0 Å². The molecule has 19 heavy (non-hydrogen) atoms. The van der Waals surface area contributed by atoms with Gasteiger partial charge in [0.05, 0.1) is 10.7 Å². The smallest absolute Gasteiger partial charge is 0.221 e.